The molecule has 0 saturated heterocycles. The molecular formula is C8H9N3O2. The molecule has 0 spiro atoms. The predicted molar refractivity (Wildman–Crippen MR) is 47.0 cm³/mol. The van der Waals surface area contributed by atoms with Crippen LogP contribution in [0, 0.1) is 0 Å². The van der Waals surface area contributed by atoms with Gasteiger partial charge in [0.2, 0.25) is 5.88 Å². The van der Waals surface area contributed by atoms with Crippen LogP contribution in [0.25, 0.3) is 11.0 Å². The summed E-state index contributed by atoms with van der Waals surface area (Å²) >= 11 is 0. The summed E-state index contributed by atoms with van der Waals surface area (Å²) in [5.74, 6) is 0.517. The highest BCUT2D eigenvalue weighted by atomic mass is 16.5. The Labute approximate surface area is 74.7 Å². The first-order chi connectivity index (χ1) is 6.35. The van der Waals surface area contributed by atoms with Crippen molar-refractivity contribution in [2.75, 3.05) is 14.2 Å². The van der Waals surface area contributed by atoms with Crippen molar-refractivity contribution < 1.29 is 9.47 Å². The number of nitrogens with one attached hydrogen (secondary N) is 1. The van der Waals surface area contributed by atoms with Crippen molar-refractivity contribution in [3.63, 3.8) is 0 Å². The smallest absolute Gasteiger partial charge is 0.321 e. The van der Waals surface area contributed by atoms with Gasteiger partial charge in [-0.1, -0.05) is 0 Å². The molecule has 2 aromatic rings. The van der Waals surface area contributed by atoms with Crippen LogP contribution in [-0.4, -0.2) is 29.2 Å². The van der Waals surface area contributed by atoms with Crippen molar-refractivity contribution in [1.29, 1.82) is 0 Å². The van der Waals surface area contributed by atoms with Crippen molar-refractivity contribution in [3.05, 3.63) is 12.3 Å². The van der Waals surface area contributed by atoms with Gasteiger partial charge in [0.05, 0.1) is 19.6 Å². The van der Waals surface area contributed by atoms with E-state index in [-0.39, 0.29) is 0 Å². The molecule has 5 nitrogen and oxygen atoms in total. The highest BCUT2D eigenvalue weighted by molar-refractivity contribution is 5.80. The zero-order valence-corrected chi connectivity index (χ0v) is 7.37. The van der Waals surface area contributed by atoms with Crippen molar-refractivity contribution in [2.24, 2.45) is 0 Å². The van der Waals surface area contributed by atoms with E-state index in [1.807, 2.05) is 6.07 Å². The third-order valence-corrected chi connectivity index (χ3v) is 1.74. The minimum Gasteiger partial charge on any atom is -0.480 e. The number of methoxy groups -OCH3 is 2. The summed E-state index contributed by atoms with van der Waals surface area (Å²) in [5, 5.41) is 0.850. The minimum atomic E-state index is 0.298. The van der Waals surface area contributed by atoms with Crippen LogP contribution in [-0.2, 0) is 0 Å². The molecule has 13 heavy (non-hydrogen) atoms. The van der Waals surface area contributed by atoms with Gasteiger partial charge in [-0.05, 0) is 6.07 Å². The van der Waals surface area contributed by atoms with Gasteiger partial charge in [0.15, 0.2) is 0 Å². The zero-order valence-electron chi connectivity index (χ0n) is 7.37. The minimum absolute atomic E-state index is 0.298. The van der Waals surface area contributed by atoms with Crippen LogP contribution in [0.1, 0.15) is 0 Å². The Morgan fingerprint density at radius 2 is 2.08 bits per heavy atom. The monoisotopic (exact) mass is 179 g/mol. The molecule has 0 atom stereocenters. The Bertz CT molecular complexity index is 424. The maximum Gasteiger partial charge on any atom is 0.321 e. The molecular weight excluding hydrogens is 170 g/mol. The van der Waals surface area contributed by atoms with E-state index in [4.69, 9.17) is 9.47 Å². The fourth-order valence-corrected chi connectivity index (χ4v) is 1.14. The van der Waals surface area contributed by atoms with Gasteiger partial charge in [0, 0.05) is 6.20 Å². The Balaban J connectivity index is 2.70. The van der Waals surface area contributed by atoms with Crippen molar-refractivity contribution in [3.8, 4) is 11.9 Å². The molecule has 0 aliphatic rings. The SMILES string of the molecule is COc1nc(OC)c2cc[nH]c2n1. The largest absolute Gasteiger partial charge is 0.480 e. The number of fused-ring (bicyclic) bond motifs is 1. The van der Waals surface area contributed by atoms with E-state index >= 15 is 0 Å². The fourth-order valence-electron chi connectivity index (χ4n) is 1.14. The van der Waals surface area contributed by atoms with Crippen LogP contribution < -0.4 is 9.47 Å². The van der Waals surface area contributed by atoms with Gasteiger partial charge in [-0.3, -0.25) is 0 Å². The molecule has 0 aliphatic carbocycles. The first-order valence-electron chi connectivity index (χ1n) is 3.78. The molecule has 5 heteroatoms. The first kappa shape index (κ1) is 7.85. The molecule has 2 rings (SSSR count). The first-order valence-corrected chi connectivity index (χ1v) is 3.78. The molecule has 0 aliphatic heterocycles. The van der Waals surface area contributed by atoms with E-state index in [0.29, 0.717) is 17.5 Å². The van der Waals surface area contributed by atoms with Gasteiger partial charge in [-0.25, -0.2) is 0 Å². The van der Waals surface area contributed by atoms with Crippen LogP contribution in [0.2, 0.25) is 0 Å². The van der Waals surface area contributed by atoms with Gasteiger partial charge in [0.25, 0.3) is 0 Å². The van der Waals surface area contributed by atoms with E-state index < -0.39 is 0 Å². The number of ether oxygens (including phenoxy) is 2. The summed E-state index contributed by atoms with van der Waals surface area (Å²) in [6, 6.07) is 2.15. The quantitative estimate of drug-likeness (QED) is 0.746. The third-order valence-electron chi connectivity index (χ3n) is 1.74. The Morgan fingerprint density at radius 1 is 1.23 bits per heavy atom. The van der Waals surface area contributed by atoms with Crippen molar-refractivity contribution in [2.45, 2.75) is 0 Å². The van der Waals surface area contributed by atoms with Crippen LogP contribution >= 0.6 is 0 Å². The molecule has 2 heterocycles. The third kappa shape index (κ3) is 1.18. The lowest BCUT2D eigenvalue weighted by Crippen LogP contribution is -1.95. The van der Waals surface area contributed by atoms with Crippen LogP contribution in [0.4, 0.5) is 0 Å². The fraction of sp³-hybridized carbons (Fsp3) is 0.250. The predicted octanol–water partition coefficient (Wildman–Crippen LogP) is 0.975. The maximum atomic E-state index is 5.08. The number of aromatic amines is 1. The van der Waals surface area contributed by atoms with Crippen LogP contribution in [0.3, 0.4) is 0 Å². The molecule has 0 aromatic carbocycles. The molecule has 0 saturated carbocycles. The summed E-state index contributed by atoms with van der Waals surface area (Å²) in [7, 11) is 3.08. The highest BCUT2D eigenvalue weighted by Gasteiger charge is 2.08. The molecule has 0 bridgehead atoms. The summed E-state index contributed by atoms with van der Waals surface area (Å²) in [5.41, 5.74) is 0.712. The Hall–Kier alpha value is -1.78. The summed E-state index contributed by atoms with van der Waals surface area (Å²) < 4.78 is 9.99. The lowest BCUT2D eigenvalue weighted by atomic mass is 10.4. The van der Waals surface area contributed by atoms with E-state index in [0.717, 1.165) is 5.39 Å². The van der Waals surface area contributed by atoms with Crippen molar-refractivity contribution >= 4 is 11.0 Å². The molecule has 0 unspecified atom stereocenters. The van der Waals surface area contributed by atoms with Gasteiger partial charge in [-0.2, -0.15) is 9.97 Å². The van der Waals surface area contributed by atoms with E-state index in [1.165, 1.54) is 7.11 Å². The summed E-state index contributed by atoms with van der Waals surface area (Å²) in [4.78, 5) is 11.1. The van der Waals surface area contributed by atoms with Gasteiger partial charge in [0.1, 0.15) is 5.65 Å². The van der Waals surface area contributed by atoms with Gasteiger partial charge >= 0.3 is 6.01 Å². The van der Waals surface area contributed by atoms with E-state index in [9.17, 15) is 0 Å². The Kier molecular flexibility index (Phi) is 1.77. The summed E-state index contributed by atoms with van der Waals surface area (Å²) in [6.45, 7) is 0. The van der Waals surface area contributed by atoms with Crippen LogP contribution in [0.5, 0.6) is 11.9 Å². The zero-order chi connectivity index (χ0) is 9.26. The molecule has 0 amide bonds. The second-order valence-electron chi connectivity index (χ2n) is 2.46. The number of H-pyrrole nitrogens is 1. The van der Waals surface area contributed by atoms with E-state index in [1.54, 1.807) is 13.3 Å². The lowest BCUT2D eigenvalue weighted by Gasteiger charge is -2.02. The standard InChI is InChI=1S/C8H9N3O2/c1-12-7-5-3-4-9-6(5)10-8(11-7)13-2/h3-4H,1-2H3,(H,9,10,11). The maximum absolute atomic E-state index is 5.08. The van der Waals surface area contributed by atoms with Crippen LogP contribution in [0.15, 0.2) is 12.3 Å². The summed E-state index contributed by atoms with van der Waals surface area (Å²) in [6.07, 6.45) is 1.78. The van der Waals surface area contributed by atoms with E-state index in [2.05, 4.69) is 15.0 Å². The van der Waals surface area contributed by atoms with Gasteiger partial charge < -0.3 is 14.5 Å². The number of rotatable bonds is 2. The molecule has 68 valence electrons. The molecule has 0 radical (unpaired) electrons. The van der Waals surface area contributed by atoms with Gasteiger partial charge in [-0.15, -0.1) is 0 Å². The van der Waals surface area contributed by atoms with Crippen molar-refractivity contribution in [1.82, 2.24) is 15.0 Å². The average molecular weight is 179 g/mol. The topological polar surface area (TPSA) is 60.0 Å². The second-order valence-corrected chi connectivity index (χ2v) is 2.46. The number of hydrogen-bond acceptors (Lipinski definition) is 4. The number of nitrogens with zero attached hydrogens (tertiary/aromatic N) is 2. The molecule has 0 fully saturated rings. The number of hydrogen-bond donors (Lipinski definition) is 1. The average Bonchev–Trinajstić information content (AvgIpc) is 2.63. The normalized spacial score (nSPS) is 10.3. The highest BCUT2D eigenvalue weighted by Crippen LogP contribution is 2.22. The lowest BCUT2D eigenvalue weighted by molar-refractivity contribution is 0.357. The molecule has 1 N–H and O–H groups in total. The number of aromatic nitrogens is 3. The Morgan fingerprint density at radius 3 is 2.77 bits per heavy atom. The second kappa shape index (κ2) is 2.93. The molecule has 2 aromatic heterocycles.